The highest BCUT2D eigenvalue weighted by Gasteiger charge is 2.23. The van der Waals surface area contributed by atoms with Crippen LogP contribution in [0.1, 0.15) is 50.6 Å². The molecule has 0 spiro atoms. The number of amides is 1. The predicted octanol–water partition coefficient (Wildman–Crippen LogP) is 2.93. The molecule has 1 amide bonds. The summed E-state index contributed by atoms with van der Waals surface area (Å²) in [4.78, 5) is 12.0. The van der Waals surface area contributed by atoms with Gasteiger partial charge in [0.2, 0.25) is 5.91 Å². The van der Waals surface area contributed by atoms with Crippen LogP contribution >= 0.6 is 0 Å². The zero-order chi connectivity index (χ0) is 16.2. The lowest BCUT2D eigenvalue weighted by Gasteiger charge is -2.17. The molecule has 1 saturated carbocycles. The first-order valence-corrected chi connectivity index (χ1v) is 8.57. The van der Waals surface area contributed by atoms with Crippen LogP contribution in [-0.4, -0.2) is 25.1 Å². The van der Waals surface area contributed by atoms with Crippen molar-refractivity contribution in [2.45, 2.75) is 51.1 Å². The van der Waals surface area contributed by atoms with Crippen LogP contribution in [0.25, 0.3) is 0 Å². The quantitative estimate of drug-likeness (QED) is 0.812. The van der Waals surface area contributed by atoms with Crippen LogP contribution in [0, 0.1) is 11.7 Å². The maximum atomic E-state index is 14.1. The van der Waals surface area contributed by atoms with Crippen molar-refractivity contribution in [3.8, 4) is 5.75 Å². The zero-order valence-corrected chi connectivity index (χ0v) is 13.6. The average Bonchev–Trinajstić information content (AvgIpc) is 3.21. The van der Waals surface area contributed by atoms with E-state index in [1.807, 2.05) is 13.0 Å². The van der Waals surface area contributed by atoms with Gasteiger partial charge in [0.05, 0.1) is 12.6 Å². The van der Waals surface area contributed by atoms with E-state index in [9.17, 15) is 9.18 Å². The van der Waals surface area contributed by atoms with E-state index in [1.54, 1.807) is 6.07 Å². The van der Waals surface area contributed by atoms with Crippen LogP contribution in [0.4, 0.5) is 4.39 Å². The summed E-state index contributed by atoms with van der Waals surface area (Å²) in [6, 6.07) is 5.01. The molecule has 1 saturated heterocycles. The lowest BCUT2D eigenvalue weighted by atomic mass is 10.1. The fraction of sp³-hybridized carbons (Fsp3) is 0.611. The number of hydrogen-bond acceptors (Lipinski definition) is 3. The predicted molar refractivity (Wildman–Crippen MR) is 86.8 cm³/mol. The van der Waals surface area contributed by atoms with Crippen LogP contribution in [0.3, 0.4) is 0 Å². The highest BCUT2D eigenvalue weighted by atomic mass is 19.1. The summed E-state index contributed by atoms with van der Waals surface area (Å²) in [7, 11) is 0. The van der Waals surface area contributed by atoms with E-state index in [0.29, 0.717) is 24.7 Å². The standard InChI is InChI=1S/C18H25FN2O2/c1-12(21-18(22)10-15-3-2-8-20-15)14-6-7-17(16(19)9-14)23-11-13-4-5-13/h6-7,9,12-13,15,20H,2-5,8,10-11H2,1H3,(H,21,22). The minimum Gasteiger partial charge on any atom is -0.490 e. The van der Waals surface area contributed by atoms with E-state index >= 15 is 0 Å². The van der Waals surface area contributed by atoms with E-state index in [-0.39, 0.29) is 23.8 Å². The van der Waals surface area contributed by atoms with Gasteiger partial charge in [-0.1, -0.05) is 6.07 Å². The smallest absolute Gasteiger partial charge is 0.222 e. The van der Waals surface area contributed by atoms with Gasteiger partial charge in [0.15, 0.2) is 11.6 Å². The number of ether oxygens (including phenoxy) is 1. The van der Waals surface area contributed by atoms with Gasteiger partial charge in [0, 0.05) is 12.5 Å². The Morgan fingerprint density at radius 3 is 2.91 bits per heavy atom. The fourth-order valence-electron chi connectivity index (χ4n) is 2.93. The molecule has 1 aromatic carbocycles. The third-order valence-corrected chi connectivity index (χ3v) is 4.60. The van der Waals surface area contributed by atoms with Gasteiger partial charge in [-0.3, -0.25) is 4.79 Å². The SMILES string of the molecule is CC(NC(=O)CC1CCCN1)c1ccc(OCC2CC2)c(F)c1. The average molecular weight is 320 g/mol. The second-order valence-electron chi connectivity index (χ2n) is 6.73. The molecule has 1 aliphatic heterocycles. The van der Waals surface area contributed by atoms with Gasteiger partial charge < -0.3 is 15.4 Å². The molecule has 2 unspecified atom stereocenters. The molecule has 126 valence electrons. The first-order valence-electron chi connectivity index (χ1n) is 8.57. The zero-order valence-electron chi connectivity index (χ0n) is 13.6. The Kier molecular flexibility index (Phi) is 5.16. The number of rotatable bonds is 7. The molecule has 23 heavy (non-hydrogen) atoms. The Hall–Kier alpha value is -1.62. The molecule has 1 aliphatic carbocycles. The van der Waals surface area contributed by atoms with Crippen LogP contribution in [0.15, 0.2) is 18.2 Å². The van der Waals surface area contributed by atoms with Crippen molar-refractivity contribution >= 4 is 5.91 Å². The molecule has 0 bridgehead atoms. The highest BCUT2D eigenvalue weighted by Crippen LogP contribution is 2.30. The van der Waals surface area contributed by atoms with Crippen molar-refractivity contribution in [1.29, 1.82) is 0 Å². The summed E-state index contributed by atoms with van der Waals surface area (Å²) in [5.74, 6) is 0.541. The summed E-state index contributed by atoms with van der Waals surface area (Å²) in [5.41, 5.74) is 0.758. The molecule has 4 nitrogen and oxygen atoms in total. The topological polar surface area (TPSA) is 50.4 Å². The lowest BCUT2D eigenvalue weighted by molar-refractivity contribution is -0.122. The molecule has 2 fully saturated rings. The Morgan fingerprint density at radius 2 is 2.26 bits per heavy atom. The van der Waals surface area contributed by atoms with Crippen molar-refractivity contribution in [3.05, 3.63) is 29.6 Å². The van der Waals surface area contributed by atoms with E-state index in [0.717, 1.165) is 24.9 Å². The second kappa shape index (κ2) is 7.30. The Morgan fingerprint density at radius 1 is 1.43 bits per heavy atom. The molecule has 0 radical (unpaired) electrons. The van der Waals surface area contributed by atoms with Gasteiger partial charge in [0.1, 0.15) is 0 Å². The maximum absolute atomic E-state index is 14.1. The highest BCUT2D eigenvalue weighted by molar-refractivity contribution is 5.77. The lowest BCUT2D eigenvalue weighted by Crippen LogP contribution is -2.33. The van der Waals surface area contributed by atoms with Gasteiger partial charge in [-0.05, 0) is 62.8 Å². The Balaban J connectivity index is 1.52. The van der Waals surface area contributed by atoms with Crippen LogP contribution < -0.4 is 15.4 Å². The molecule has 2 aliphatic rings. The van der Waals surface area contributed by atoms with Crippen molar-refractivity contribution < 1.29 is 13.9 Å². The third kappa shape index (κ3) is 4.67. The van der Waals surface area contributed by atoms with Crippen LogP contribution in [0.5, 0.6) is 5.75 Å². The van der Waals surface area contributed by atoms with Crippen molar-refractivity contribution in [2.75, 3.05) is 13.2 Å². The first-order chi connectivity index (χ1) is 11.1. The largest absolute Gasteiger partial charge is 0.490 e. The maximum Gasteiger partial charge on any atom is 0.222 e. The molecule has 1 heterocycles. The van der Waals surface area contributed by atoms with E-state index in [1.165, 1.54) is 18.9 Å². The summed E-state index contributed by atoms with van der Waals surface area (Å²) in [5, 5.41) is 6.25. The van der Waals surface area contributed by atoms with Crippen LogP contribution in [0.2, 0.25) is 0 Å². The number of carbonyl (C=O) groups excluding carboxylic acids is 1. The molecule has 3 rings (SSSR count). The van der Waals surface area contributed by atoms with Gasteiger partial charge in [-0.25, -0.2) is 4.39 Å². The van der Waals surface area contributed by atoms with E-state index in [2.05, 4.69) is 10.6 Å². The molecule has 0 aromatic heterocycles. The Bertz CT molecular complexity index is 554. The monoisotopic (exact) mass is 320 g/mol. The van der Waals surface area contributed by atoms with Gasteiger partial charge in [-0.2, -0.15) is 0 Å². The number of halogens is 1. The van der Waals surface area contributed by atoms with Crippen molar-refractivity contribution in [3.63, 3.8) is 0 Å². The van der Waals surface area contributed by atoms with Crippen LogP contribution in [-0.2, 0) is 4.79 Å². The number of hydrogen-bond donors (Lipinski definition) is 2. The number of carbonyl (C=O) groups is 1. The molecular weight excluding hydrogens is 295 g/mol. The molecule has 2 atom stereocenters. The summed E-state index contributed by atoms with van der Waals surface area (Å²) >= 11 is 0. The first kappa shape index (κ1) is 16.2. The molecule has 2 N–H and O–H groups in total. The fourth-order valence-corrected chi connectivity index (χ4v) is 2.93. The number of benzene rings is 1. The summed E-state index contributed by atoms with van der Waals surface area (Å²) in [6.45, 7) is 3.46. The van der Waals surface area contributed by atoms with Gasteiger partial charge in [-0.15, -0.1) is 0 Å². The van der Waals surface area contributed by atoms with E-state index in [4.69, 9.17) is 4.74 Å². The molecular formula is C18H25FN2O2. The van der Waals surface area contributed by atoms with E-state index < -0.39 is 0 Å². The third-order valence-electron chi connectivity index (χ3n) is 4.60. The summed E-state index contributed by atoms with van der Waals surface area (Å²) < 4.78 is 19.6. The van der Waals surface area contributed by atoms with Gasteiger partial charge >= 0.3 is 0 Å². The number of nitrogens with one attached hydrogen (secondary N) is 2. The minimum atomic E-state index is -0.360. The normalized spacial score (nSPS) is 21.9. The Labute approximate surface area is 136 Å². The summed E-state index contributed by atoms with van der Waals surface area (Å²) in [6.07, 6.45) is 5.01. The minimum absolute atomic E-state index is 0.00590. The van der Waals surface area contributed by atoms with Crippen molar-refractivity contribution in [1.82, 2.24) is 10.6 Å². The van der Waals surface area contributed by atoms with Gasteiger partial charge in [0.25, 0.3) is 0 Å². The molecule has 5 heteroatoms. The molecule has 1 aromatic rings. The second-order valence-corrected chi connectivity index (χ2v) is 6.73. The van der Waals surface area contributed by atoms with Crippen molar-refractivity contribution in [2.24, 2.45) is 5.92 Å².